The van der Waals surface area contributed by atoms with Crippen molar-refractivity contribution in [1.82, 2.24) is 10.9 Å². The molecule has 0 spiro atoms. The fourth-order valence-corrected chi connectivity index (χ4v) is 2.93. The van der Waals surface area contributed by atoms with Crippen LogP contribution in [0.1, 0.15) is 16.7 Å². The number of hydrazine groups is 1. The lowest BCUT2D eigenvalue weighted by molar-refractivity contribution is -0.132. The largest absolute Gasteiger partial charge is 0.492 e. The number of ether oxygens (including phenoxy) is 2. The van der Waals surface area contributed by atoms with Crippen molar-refractivity contribution in [2.24, 2.45) is 5.92 Å². The maximum atomic E-state index is 12.2. The van der Waals surface area contributed by atoms with E-state index in [4.69, 9.17) is 9.47 Å². The molecule has 0 bridgehead atoms. The molecule has 0 saturated heterocycles. The lowest BCUT2D eigenvalue weighted by Gasteiger charge is -2.24. The highest BCUT2D eigenvalue weighted by Crippen LogP contribution is 2.26. The number of nitrogens with one attached hydrogen (secondary N) is 2. The lowest BCUT2D eigenvalue weighted by Crippen LogP contribution is -2.48. The fraction of sp³-hybridized carbons (Fsp3) is 0.300. The van der Waals surface area contributed by atoms with Gasteiger partial charge in [-0.1, -0.05) is 24.3 Å². The normalized spacial score (nSPS) is 15.4. The third-order valence-corrected chi connectivity index (χ3v) is 4.14. The van der Waals surface area contributed by atoms with E-state index in [-0.39, 0.29) is 25.0 Å². The maximum Gasteiger partial charge on any atom is 0.276 e. The van der Waals surface area contributed by atoms with Crippen molar-refractivity contribution >= 4 is 11.8 Å². The summed E-state index contributed by atoms with van der Waals surface area (Å²) in [4.78, 5) is 24.1. The van der Waals surface area contributed by atoms with Gasteiger partial charge in [0.1, 0.15) is 18.1 Å². The predicted octanol–water partition coefficient (Wildman–Crippen LogP) is 2.08. The van der Waals surface area contributed by atoms with Crippen LogP contribution in [0.3, 0.4) is 0 Å². The molecule has 0 fully saturated rings. The van der Waals surface area contributed by atoms with Crippen molar-refractivity contribution in [3.63, 3.8) is 0 Å². The number of para-hydroxylation sites is 1. The summed E-state index contributed by atoms with van der Waals surface area (Å²) >= 11 is 0. The van der Waals surface area contributed by atoms with Crippen molar-refractivity contribution in [2.75, 3.05) is 13.2 Å². The van der Waals surface area contributed by atoms with Crippen molar-refractivity contribution in [3.05, 3.63) is 59.2 Å². The van der Waals surface area contributed by atoms with Crippen molar-refractivity contribution in [2.45, 2.75) is 20.3 Å². The fourth-order valence-electron chi connectivity index (χ4n) is 2.93. The van der Waals surface area contributed by atoms with Gasteiger partial charge < -0.3 is 9.47 Å². The number of rotatable bonds is 4. The Kier molecular flexibility index (Phi) is 5.41. The van der Waals surface area contributed by atoms with Gasteiger partial charge in [0.2, 0.25) is 5.91 Å². The van der Waals surface area contributed by atoms with Gasteiger partial charge in [-0.05, 0) is 55.2 Å². The summed E-state index contributed by atoms with van der Waals surface area (Å²) in [5.74, 6) is 0.392. The standard InChI is InChI=1S/C20H22N2O4/c1-13-7-14(2)9-17(8-13)25-12-19(23)21-22-20(24)16-10-15-5-3-4-6-18(15)26-11-16/h3-9,16H,10-12H2,1-2H3,(H,21,23)(H,22,24). The average molecular weight is 354 g/mol. The van der Waals surface area contributed by atoms with E-state index in [1.54, 1.807) is 0 Å². The first-order valence-corrected chi connectivity index (χ1v) is 8.52. The van der Waals surface area contributed by atoms with Gasteiger partial charge in [-0.15, -0.1) is 0 Å². The molecule has 1 aliphatic heterocycles. The van der Waals surface area contributed by atoms with E-state index >= 15 is 0 Å². The minimum absolute atomic E-state index is 0.173. The number of amides is 2. The van der Waals surface area contributed by atoms with Gasteiger partial charge in [0.05, 0.1) is 5.92 Å². The van der Waals surface area contributed by atoms with Gasteiger partial charge in [-0.25, -0.2) is 0 Å². The van der Waals surface area contributed by atoms with Crippen LogP contribution in [0.15, 0.2) is 42.5 Å². The summed E-state index contributed by atoms with van der Waals surface area (Å²) in [5, 5.41) is 0. The number of carbonyl (C=O) groups is 2. The number of aryl methyl sites for hydroxylation is 2. The van der Waals surface area contributed by atoms with Gasteiger partial charge in [-0.3, -0.25) is 20.4 Å². The first-order valence-electron chi connectivity index (χ1n) is 8.52. The summed E-state index contributed by atoms with van der Waals surface area (Å²) in [7, 11) is 0. The maximum absolute atomic E-state index is 12.2. The molecule has 6 heteroatoms. The Balaban J connectivity index is 1.45. The molecular weight excluding hydrogens is 332 g/mol. The van der Waals surface area contributed by atoms with Crippen LogP contribution in [0.5, 0.6) is 11.5 Å². The minimum atomic E-state index is -0.422. The quantitative estimate of drug-likeness (QED) is 0.824. The second-order valence-corrected chi connectivity index (χ2v) is 6.47. The summed E-state index contributed by atoms with van der Waals surface area (Å²) in [6.07, 6.45) is 0.580. The Hall–Kier alpha value is -3.02. The zero-order valence-electron chi connectivity index (χ0n) is 14.9. The highest BCUT2D eigenvalue weighted by molar-refractivity contribution is 5.84. The molecule has 2 N–H and O–H groups in total. The van der Waals surface area contributed by atoms with E-state index in [0.717, 1.165) is 22.4 Å². The molecule has 1 atom stereocenters. The van der Waals surface area contributed by atoms with Crippen LogP contribution in [0.2, 0.25) is 0 Å². The van der Waals surface area contributed by atoms with E-state index in [1.807, 2.05) is 56.3 Å². The Labute approximate surface area is 152 Å². The highest BCUT2D eigenvalue weighted by atomic mass is 16.5. The Bertz CT molecular complexity index is 799. The number of hydrogen-bond acceptors (Lipinski definition) is 4. The average Bonchev–Trinajstić information content (AvgIpc) is 2.63. The van der Waals surface area contributed by atoms with Gasteiger partial charge in [-0.2, -0.15) is 0 Å². The van der Waals surface area contributed by atoms with Crippen molar-refractivity contribution < 1.29 is 19.1 Å². The molecule has 0 aliphatic carbocycles. The van der Waals surface area contributed by atoms with Gasteiger partial charge in [0.15, 0.2) is 6.61 Å². The number of hydrogen-bond donors (Lipinski definition) is 2. The third kappa shape index (κ3) is 4.53. The van der Waals surface area contributed by atoms with E-state index < -0.39 is 5.91 Å². The van der Waals surface area contributed by atoms with Crippen LogP contribution >= 0.6 is 0 Å². The zero-order valence-corrected chi connectivity index (χ0v) is 14.9. The molecular formula is C20H22N2O4. The van der Waals surface area contributed by atoms with E-state index in [1.165, 1.54) is 0 Å². The number of carbonyl (C=O) groups excluding carboxylic acids is 2. The summed E-state index contributed by atoms with van der Waals surface area (Å²) in [5.41, 5.74) is 7.94. The molecule has 26 heavy (non-hydrogen) atoms. The molecule has 6 nitrogen and oxygen atoms in total. The van der Waals surface area contributed by atoms with Gasteiger partial charge >= 0.3 is 0 Å². The van der Waals surface area contributed by atoms with Crippen LogP contribution in [-0.4, -0.2) is 25.0 Å². The van der Waals surface area contributed by atoms with Crippen LogP contribution in [0.25, 0.3) is 0 Å². The first-order chi connectivity index (χ1) is 12.5. The summed E-state index contributed by atoms with van der Waals surface area (Å²) in [6, 6.07) is 13.4. The monoisotopic (exact) mass is 354 g/mol. The van der Waals surface area contributed by atoms with Crippen LogP contribution < -0.4 is 20.3 Å². The highest BCUT2D eigenvalue weighted by Gasteiger charge is 2.26. The Morgan fingerprint density at radius 1 is 1.12 bits per heavy atom. The van der Waals surface area contributed by atoms with Gasteiger partial charge in [0.25, 0.3) is 5.91 Å². The van der Waals surface area contributed by atoms with E-state index in [2.05, 4.69) is 10.9 Å². The van der Waals surface area contributed by atoms with Crippen LogP contribution in [0, 0.1) is 19.8 Å². The molecule has 0 radical (unpaired) electrons. The number of benzene rings is 2. The molecule has 2 aromatic rings. The number of fused-ring (bicyclic) bond motifs is 1. The smallest absolute Gasteiger partial charge is 0.276 e. The molecule has 0 saturated carbocycles. The molecule has 1 aliphatic rings. The molecule has 2 aromatic carbocycles. The van der Waals surface area contributed by atoms with Crippen molar-refractivity contribution in [3.8, 4) is 11.5 Å². The molecule has 2 amide bonds. The van der Waals surface area contributed by atoms with Crippen LogP contribution in [-0.2, 0) is 16.0 Å². The van der Waals surface area contributed by atoms with Crippen LogP contribution in [0.4, 0.5) is 0 Å². The Morgan fingerprint density at radius 3 is 2.62 bits per heavy atom. The van der Waals surface area contributed by atoms with Gasteiger partial charge in [0, 0.05) is 0 Å². The summed E-state index contributed by atoms with van der Waals surface area (Å²) < 4.78 is 11.1. The van der Waals surface area contributed by atoms with E-state index in [0.29, 0.717) is 12.2 Å². The predicted molar refractivity (Wildman–Crippen MR) is 96.8 cm³/mol. The van der Waals surface area contributed by atoms with E-state index in [9.17, 15) is 9.59 Å². The zero-order chi connectivity index (χ0) is 18.5. The molecule has 1 heterocycles. The second kappa shape index (κ2) is 7.91. The first kappa shape index (κ1) is 17.8. The lowest BCUT2D eigenvalue weighted by atomic mass is 9.96. The second-order valence-electron chi connectivity index (χ2n) is 6.47. The molecule has 136 valence electrons. The molecule has 1 unspecified atom stereocenters. The summed E-state index contributed by atoms with van der Waals surface area (Å²) in [6.45, 7) is 4.04. The molecule has 3 rings (SSSR count). The van der Waals surface area contributed by atoms with Crippen molar-refractivity contribution in [1.29, 1.82) is 0 Å². The molecule has 0 aromatic heterocycles. The topological polar surface area (TPSA) is 76.7 Å². The SMILES string of the molecule is Cc1cc(C)cc(OCC(=O)NNC(=O)C2COc3ccccc3C2)c1. The minimum Gasteiger partial charge on any atom is -0.492 e. The Morgan fingerprint density at radius 2 is 1.85 bits per heavy atom. The third-order valence-electron chi connectivity index (χ3n) is 4.14.